The number of hydrogen-bond donors (Lipinski definition) is 1. The van der Waals surface area contributed by atoms with Crippen LogP contribution in [0.4, 0.5) is 5.69 Å². The van der Waals surface area contributed by atoms with E-state index in [0.29, 0.717) is 17.6 Å². The van der Waals surface area contributed by atoms with E-state index < -0.39 is 4.92 Å². The molecule has 0 spiro atoms. The van der Waals surface area contributed by atoms with E-state index in [9.17, 15) is 10.1 Å². The Morgan fingerprint density at radius 1 is 1.45 bits per heavy atom. The van der Waals surface area contributed by atoms with E-state index in [0.717, 1.165) is 12.1 Å². The third kappa shape index (κ3) is 3.91. The lowest BCUT2D eigenvalue weighted by molar-refractivity contribution is -0.384. The fourth-order valence-electron chi connectivity index (χ4n) is 2.54. The van der Waals surface area contributed by atoms with E-state index in [-0.39, 0.29) is 5.69 Å². The minimum absolute atomic E-state index is 0.0822. The molecule has 20 heavy (non-hydrogen) atoms. The molecular weight excluding hydrogens is 278 g/mol. The SMILES string of the molecule is CC(CNCc1cc([N+](=O)[O-])ccc1Cl)N1CCCC1. The Bertz CT molecular complexity index is 475. The summed E-state index contributed by atoms with van der Waals surface area (Å²) in [6.07, 6.45) is 2.56. The van der Waals surface area contributed by atoms with Crippen LogP contribution in [0.5, 0.6) is 0 Å². The third-order valence-electron chi connectivity index (χ3n) is 3.76. The molecule has 0 radical (unpaired) electrons. The minimum Gasteiger partial charge on any atom is -0.311 e. The first-order valence-electron chi connectivity index (χ1n) is 6.95. The maximum absolute atomic E-state index is 10.8. The van der Waals surface area contributed by atoms with Gasteiger partial charge >= 0.3 is 0 Å². The largest absolute Gasteiger partial charge is 0.311 e. The molecular formula is C14H20ClN3O2. The van der Waals surface area contributed by atoms with Crippen LogP contribution in [0.1, 0.15) is 25.3 Å². The molecule has 1 aliphatic heterocycles. The lowest BCUT2D eigenvalue weighted by Crippen LogP contribution is -2.38. The van der Waals surface area contributed by atoms with Crippen LogP contribution in [0.25, 0.3) is 0 Å². The van der Waals surface area contributed by atoms with Crippen LogP contribution in [-0.4, -0.2) is 35.5 Å². The quantitative estimate of drug-likeness (QED) is 0.648. The van der Waals surface area contributed by atoms with Crippen LogP contribution < -0.4 is 5.32 Å². The highest BCUT2D eigenvalue weighted by molar-refractivity contribution is 6.31. The molecule has 6 heteroatoms. The van der Waals surface area contributed by atoms with E-state index in [1.807, 2.05) is 0 Å². The second kappa shape index (κ2) is 7.02. The topological polar surface area (TPSA) is 58.4 Å². The fraction of sp³-hybridized carbons (Fsp3) is 0.571. The maximum atomic E-state index is 10.8. The number of halogens is 1. The van der Waals surface area contributed by atoms with Gasteiger partial charge in [-0.2, -0.15) is 0 Å². The van der Waals surface area contributed by atoms with Crippen LogP contribution >= 0.6 is 11.6 Å². The van der Waals surface area contributed by atoms with Crippen molar-refractivity contribution in [1.82, 2.24) is 10.2 Å². The highest BCUT2D eigenvalue weighted by Gasteiger charge is 2.17. The van der Waals surface area contributed by atoms with Crippen LogP contribution in [0.15, 0.2) is 18.2 Å². The minimum atomic E-state index is -0.396. The van der Waals surface area contributed by atoms with Crippen LogP contribution in [0, 0.1) is 10.1 Å². The van der Waals surface area contributed by atoms with Crippen molar-refractivity contribution in [2.24, 2.45) is 0 Å². The van der Waals surface area contributed by atoms with Gasteiger partial charge < -0.3 is 5.32 Å². The Kier molecular flexibility index (Phi) is 5.34. The second-order valence-electron chi connectivity index (χ2n) is 5.26. The van der Waals surface area contributed by atoms with E-state index >= 15 is 0 Å². The molecule has 1 saturated heterocycles. The van der Waals surface area contributed by atoms with Crippen molar-refractivity contribution in [2.45, 2.75) is 32.4 Å². The molecule has 1 N–H and O–H groups in total. The number of nitrogens with zero attached hydrogens (tertiary/aromatic N) is 2. The zero-order chi connectivity index (χ0) is 14.5. The molecule has 0 saturated carbocycles. The number of nitro groups is 1. The molecule has 1 heterocycles. The number of nitro benzene ring substituents is 1. The smallest absolute Gasteiger partial charge is 0.269 e. The molecule has 110 valence electrons. The van der Waals surface area contributed by atoms with Crippen LogP contribution in [0.3, 0.4) is 0 Å². The summed E-state index contributed by atoms with van der Waals surface area (Å²) in [5.41, 5.74) is 0.855. The van der Waals surface area contributed by atoms with Gasteiger partial charge in [0, 0.05) is 36.3 Å². The summed E-state index contributed by atoms with van der Waals surface area (Å²) in [6, 6.07) is 5.03. The van der Waals surface area contributed by atoms with Crippen molar-refractivity contribution in [3.05, 3.63) is 38.9 Å². The first-order chi connectivity index (χ1) is 9.58. The fourth-order valence-corrected chi connectivity index (χ4v) is 2.72. The molecule has 0 aromatic heterocycles. The Morgan fingerprint density at radius 2 is 2.15 bits per heavy atom. The van der Waals surface area contributed by atoms with Crippen LogP contribution in [-0.2, 0) is 6.54 Å². The standard InChI is InChI=1S/C14H20ClN3O2/c1-11(17-6-2-3-7-17)9-16-10-12-8-13(18(19)20)4-5-14(12)15/h4-5,8,11,16H,2-3,6-7,9-10H2,1H3. The maximum Gasteiger partial charge on any atom is 0.269 e. The summed E-state index contributed by atoms with van der Waals surface area (Å²) < 4.78 is 0. The summed E-state index contributed by atoms with van der Waals surface area (Å²) in [7, 11) is 0. The predicted octanol–water partition coefficient (Wildman–Crippen LogP) is 2.82. The molecule has 0 aliphatic carbocycles. The van der Waals surface area contributed by atoms with Crippen molar-refractivity contribution in [3.8, 4) is 0 Å². The number of hydrogen-bond acceptors (Lipinski definition) is 4. The van der Waals surface area contributed by atoms with Gasteiger partial charge in [0.2, 0.25) is 0 Å². The van der Waals surface area contributed by atoms with E-state index in [4.69, 9.17) is 11.6 Å². The van der Waals surface area contributed by atoms with Crippen molar-refractivity contribution in [3.63, 3.8) is 0 Å². The molecule has 1 aromatic carbocycles. The van der Waals surface area contributed by atoms with Crippen molar-refractivity contribution in [2.75, 3.05) is 19.6 Å². The molecule has 0 amide bonds. The van der Waals surface area contributed by atoms with E-state index in [2.05, 4.69) is 17.1 Å². The predicted molar refractivity (Wildman–Crippen MR) is 80.1 cm³/mol. The van der Waals surface area contributed by atoms with Gasteiger partial charge in [-0.3, -0.25) is 15.0 Å². The Morgan fingerprint density at radius 3 is 2.80 bits per heavy atom. The normalized spacial score (nSPS) is 17.3. The number of benzene rings is 1. The molecule has 0 bridgehead atoms. The highest BCUT2D eigenvalue weighted by Crippen LogP contribution is 2.22. The van der Waals surface area contributed by atoms with Gasteiger partial charge in [0.1, 0.15) is 0 Å². The van der Waals surface area contributed by atoms with Crippen molar-refractivity contribution in [1.29, 1.82) is 0 Å². The van der Waals surface area contributed by atoms with Crippen molar-refractivity contribution < 1.29 is 4.92 Å². The molecule has 1 aromatic rings. The Balaban J connectivity index is 1.87. The molecule has 1 aliphatic rings. The summed E-state index contributed by atoms with van der Waals surface area (Å²) >= 11 is 6.07. The van der Waals surface area contributed by atoms with Gasteiger partial charge in [-0.15, -0.1) is 0 Å². The van der Waals surface area contributed by atoms with Crippen molar-refractivity contribution >= 4 is 17.3 Å². The lowest BCUT2D eigenvalue weighted by atomic mass is 10.2. The van der Waals surface area contributed by atoms with Gasteiger partial charge in [-0.25, -0.2) is 0 Å². The third-order valence-corrected chi connectivity index (χ3v) is 4.13. The first kappa shape index (κ1) is 15.2. The summed E-state index contributed by atoms with van der Waals surface area (Å²) in [6.45, 7) is 5.95. The number of non-ortho nitro benzene ring substituents is 1. The number of nitrogens with one attached hydrogen (secondary N) is 1. The molecule has 1 unspecified atom stereocenters. The average molecular weight is 298 g/mol. The highest BCUT2D eigenvalue weighted by atomic mass is 35.5. The summed E-state index contributed by atoms with van der Waals surface area (Å²) in [5.74, 6) is 0. The average Bonchev–Trinajstić information content (AvgIpc) is 2.94. The monoisotopic (exact) mass is 297 g/mol. The first-order valence-corrected chi connectivity index (χ1v) is 7.33. The zero-order valence-electron chi connectivity index (χ0n) is 11.6. The number of likely N-dealkylation sites (tertiary alicyclic amines) is 1. The molecule has 1 atom stereocenters. The Hall–Kier alpha value is -1.17. The zero-order valence-corrected chi connectivity index (χ0v) is 12.4. The Labute approximate surface area is 124 Å². The summed E-state index contributed by atoms with van der Waals surface area (Å²) in [4.78, 5) is 12.8. The molecule has 2 rings (SSSR count). The second-order valence-corrected chi connectivity index (χ2v) is 5.66. The van der Waals surface area contributed by atoms with E-state index in [1.54, 1.807) is 6.07 Å². The number of rotatable bonds is 6. The molecule has 1 fully saturated rings. The van der Waals surface area contributed by atoms with Gasteiger partial charge in [-0.1, -0.05) is 11.6 Å². The lowest BCUT2D eigenvalue weighted by Gasteiger charge is -2.24. The van der Waals surface area contributed by atoms with Crippen LogP contribution in [0.2, 0.25) is 5.02 Å². The van der Waals surface area contributed by atoms with Gasteiger partial charge in [0.05, 0.1) is 4.92 Å². The van der Waals surface area contributed by atoms with Gasteiger partial charge in [-0.05, 0) is 44.5 Å². The van der Waals surface area contributed by atoms with Gasteiger partial charge in [0.25, 0.3) is 5.69 Å². The van der Waals surface area contributed by atoms with E-state index in [1.165, 1.54) is 38.1 Å². The summed E-state index contributed by atoms with van der Waals surface area (Å²) in [5, 5.41) is 14.7. The van der Waals surface area contributed by atoms with Gasteiger partial charge in [0.15, 0.2) is 0 Å². The molecule has 5 nitrogen and oxygen atoms in total.